The highest BCUT2D eigenvalue weighted by Crippen LogP contribution is 2.19. The highest BCUT2D eigenvalue weighted by Gasteiger charge is 2.10. The van der Waals surface area contributed by atoms with Crippen molar-refractivity contribution in [3.8, 4) is 0 Å². The maximum atomic E-state index is 13.6. The van der Waals surface area contributed by atoms with Crippen molar-refractivity contribution in [3.63, 3.8) is 0 Å². The molecule has 1 unspecified atom stereocenters. The molecular weight excluding hydrogens is 247 g/mol. The first kappa shape index (κ1) is 17.8. The Morgan fingerprint density at radius 2 is 1.35 bits per heavy atom. The van der Waals surface area contributed by atoms with Crippen molar-refractivity contribution in [1.82, 2.24) is 0 Å². The van der Waals surface area contributed by atoms with E-state index >= 15 is 0 Å². The lowest BCUT2D eigenvalue weighted by Crippen LogP contribution is -2.02. The van der Waals surface area contributed by atoms with Crippen molar-refractivity contribution in [1.29, 1.82) is 0 Å². The summed E-state index contributed by atoms with van der Waals surface area (Å²) >= 11 is 0. The van der Waals surface area contributed by atoms with Crippen LogP contribution in [0.3, 0.4) is 0 Å². The van der Waals surface area contributed by atoms with E-state index in [9.17, 15) is 4.39 Å². The molecule has 0 aliphatic rings. The Hall–Kier alpha value is -2.15. The fraction of sp³-hybridized carbons (Fsp3) is 0.158. The van der Waals surface area contributed by atoms with Crippen LogP contribution in [0.5, 0.6) is 0 Å². The first-order chi connectivity index (χ1) is 9.29. The Bertz CT molecular complexity index is 498. The Kier molecular flexibility index (Phi) is 7.91. The maximum absolute atomic E-state index is 13.6. The minimum Gasteiger partial charge on any atom is -0.242 e. The lowest BCUT2D eigenvalue weighted by molar-refractivity contribution is 0.390. The fourth-order valence-corrected chi connectivity index (χ4v) is 1.25. The third kappa shape index (κ3) is 6.69. The average Bonchev–Trinajstić information content (AvgIpc) is 2.40. The molecule has 106 valence electrons. The Morgan fingerprint density at radius 3 is 1.80 bits per heavy atom. The van der Waals surface area contributed by atoms with Crippen molar-refractivity contribution in [2.45, 2.75) is 19.5 Å². The smallest absolute Gasteiger partial charge is 0.129 e. The van der Waals surface area contributed by atoms with Gasteiger partial charge in [0.15, 0.2) is 0 Å². The highest BCUT2D eigenvalue weighted by atomic mass is 19.1. The quantitative estimate of drug-likeness (QED) is 0.366. The van der Waals surface area contributed by atoms with E-state index in [0.29, 0.717) is 11.1 Å². The lowest BCUT2D eigenvalue weighted by Gasteiger charge is -2.09. The first-order valence-corrected chi connectivity index (χ1v) is 6.32. The molecule has 1 heteroatoms. The standard InChI is InChI=1S/C19H23F/c1-8-9-19(20)18(7)17(6)13-12-16(5)15(4)11-10-14(2)3/h8,10-13,19H,1-2,4-7,9H2,3H3/b11-10-,13-12-. The van der Waals surface area contributed by atoms with Gasteiger partial charge in [-0.3, -0.25) is 0 Å². The third-order valence-electron chi connectivity index (χ3n) is 2.63. The van der Waals surface area contributed by atoms with Gasteiger partial charge in [0.1, 0.15) is 6.17 Å². The zero-order chi connectivity index (χ0) is 15.7. The number of rotatable bonds is 9. The van der Waals surface area contributed by atoms with E-state index < -0.39 is 6.17 Å². The maximum Gasteiger partial charge on any atom is 0.129 e. The average molecular weight is 270 g/mol. The third-order valence-corrected chi connectivity index (χ3v) is 2.63. The predicted octanol–water partition coefficient (Wildman–Crippen LogP) is 5.81. The molecule has 0 aromatic rings. The van der Waals surface area contributed by atoms with Gasteiger partial charge in [-0.1, -0.05) is 68.8 Å². The van der Waals surface area contributed by atoms with E-state index in [1.807, 2.05) is 19.1 Å². The van der Waals surface area contributed by atoms with E-state index in [4.69, 9.17) is 0 Å². The van der Waals surface area contributed by atoms with Gasteiger partial charge in [-0.15, -0.1) is 6.58 Å². The summed E-state index contributed by atoms with van der Waals surface area (Å²) in [7, 11) is 0. The molecule has 20 heavy (non-hydrogen) atoms. The van der Waals surface area contributed by atoms with Crippen LogP contribution in [0, 0.1) is 0 Å². The van der Waals surface area contributed by atoms with Crippen LogP contribution in [-0.4, -0.2) is 6.17 Å². The lowest BCUT2D eigenvalue weighted by atomic mass is 10.0. The summed E-state index contributed by atoms with van der Waals surface area (Å²) in [6, 6.07) is 0. The molecule has 0 saturated carbocycles. The number of hydrogen-bond acceptors (Lipinski definition) is 0. The summed E-state index contributed by atoms with van der Waals surface area (Å²) in [5.41, 5.74) is 3.33. The fourth-order valence-electron chi connectivity index (χ4n) is 1.25. The van der Waals surface area contributed by atoms with Crippen LogP contribution in [0.25, 0.3) is 0 Å². The van der Waals surface area contributed by atoms with E-state index in [-0.39, 0.29) is 6.42 Å². The monoisotopic (exact) mass is 270 g/mol. The summed E-state index contributed by atoms with van der Waals surface area (Å²) in [5, 5.41) is 0. The van der Waals surface area contributed by atoms with Crippen molar-refractivity contribution >= 4 is 0 Å². The van der Waals surface area contributed by atoms with Crippen molar-refractivity contribution in [3.05, 3.63) is 97.7 Å². The second-order valence-electron chi connectivity index (χ2n) is 4.61. The second-order valence-corrected chi connectivity index (χ2v) is 4.61. The molecule has 0 radical (unpaired) electrons. The summed E-state index contributed by atoms with van der Waals surface area (Å²) < 4.78 is 13.6. The Balaban J connectivity index is 4.63. The molecule has 0 bridgehead atoms. The second kappa shape index (κ2) is 8.87. The minimum absolute atomic E-state index is 0.237. The molecule has 1 atom stereocenters. The largest absolute Gasteiger partial charge is 0.242 e. The van der Waals surface area contributed by atoms with E-state index in [1.165, 1.54) is 6.08 Å². The van der Waals surface area contributed by atoms with Crippen LogP contribution < -0.4 is 0 Å². The van der Waals surface area contributed by atoms with E-state index in [1.54, 1.807) is 12.2 Å². The zero-order valence-electron chi connectivity index (χ0n) is 12.3. The van der Waals surface area contributed by atoms with Crippen LogP contribution in [0.1, 0.15) is 13.3 Å². The number of halogens is 1. The van der Waals surface area contributed by atoms with Gasteiger partial charge in [-0.25, -0.2) is 4.39 Å². The van der Waals surface area contributed by atoms with Crippen LogP contribution in [0.15, 0.2) is 97.7 Å². The zero-order valence-corrected chi connectivity index (χ0v) is 12.3. The topological polar surface area (TPSA) is 0 Å². The molecule has 0 heterocycles. The summed E-state index contributed by atoms with van der Waals surface area (Å²) in [4.78, 5) is 0. The Labute approximate surface area is 122 Å². The van der Waals surface area contributed by atoms with Gasteiger partial charge in [0.25, 0.3) is 0 Å². The minimum atomic E-state index is -1.15. The van der Waals surface area contributed by atoms with Crippen LogP contribution in [-0.2, 0) is 0 Å². The molecular formula is C19H23F. The Morgan fingerprint density at radius 1 is 0.900 bits per heavy atom. The normalized spacial score (nSPS) is 12.3. The van der Waals surface area contributed by atoms with Gasteiger partial charge in [-0.05, 0) is 29.2 Å². The summed E-state index contributed by atoms with van der Waals surface area (Å²) in [5.74, 6) is 0. The predicted molar refractivity (Wildman–Crippen MR) is 89.4 cm³/mol. The summed E-state index contributed by atoms with van der Waals surface area (Å²) in [6.07, 6.45) is 7.75. The van der Waals surface area contributed by atoms with Crippen LogP contribution in [0.2, 0.25) is 0 Å². The molecule has 0 aliphatic heterocycles. The number of allylic oxidation sites excluding steroid dienone is 10. The van der Waals surface area contributed by atoms with Gasteiger partial charge < -0.3 is 0 Å². The van der Waals surface area contributed by atoms with Gasteiger partial charge >= 0.3 is 0 Å². The molecule has 0 fully saturated rings. The molecule has 0 amide bonds. The number of hydrogen-bond donors (Lipinski definition) is 0. The van der Waals surface area contributed by atoms with Crippen LogP contribution >= 0.6 is 0 Å². The molecule has 0 aromatic carbocycles. The van der Waals surface area contributed by atoms with E-state index in [2.05, 4.69) is 39.5 Å². The summed E-state index contributed by atoms with van der Waals surface area (Å²) in [6.45, 7) is 24.5. The van der Waals surface area contributed by atoms with Crippen molar-refractivity contribution < 1.29 is 4.39 Å². The van der Waals surface area contributed by atoms with Crippen LogP contribution in [0.4, 0.5) is 4.39 Å². The molecule has 0 nitrogen and oxygen atoms in total. The SMILES string of the molecule is C=CCC(F)C(=C)C(=C)/C=C\C(=C)C(=C)/C=C\C(=C)C. The molecule has 0 aliphatic carbocycles. The number of alkyl halides is 1. The first-order valence-electron chi connectivity index (χ1n) is 6.32. The van der Waals surface area contributed by atoms with Crippen molar-refractivity contribution in [2.75, 3.05) is 0 Å². The molecule has 0 saturated heterocycles. The molecule has 0 spiro atoms. The molecule has 0 rings (SSSR count). The van der Waals surface area contributed by atoms with Crippen molar-refractivity contribution in [2.24, 2.45) is 0 Å². The van der Waals surface area contributed by atoms with Gasteiger partial charge in [0, 0.05) is 6.42 Å². The van der Waals surface area contributed by atoms with Gasteiger partial charge in [0.05, 0.1) is 0 Å². The highest BCUT2D eigenvalue weighted by molar-refractivity contribution is 5.48. The van der Waals surface area contributed by atoms with Gasteiger partial charge in [0.2, 0.25) is 0 Å². The molecule has 0 N–H and O–H groups in total. The molecule has 0 aromatic heterocycles. The van der Waals surface area contributed by atoms with E-state index in [0.717, 1.165) is 16.7 Å². The van der Waals surface area contributed by atoms with Gasteiger partial charge in [-0.2, -0.15) is 0 Å².